The number of nitrogens with zero attached hydrogens (tertiary/aromatic N) is 2. The molecular weight excluding hydrogens is 273 g/mol. The van der Waals surface area contributed by atoms with E-state index in [9.17, 15) is 4.39 Å². The third kappa shape index (κ3) is 2.74. The molecule has 3 nitrogen and oxygen atoms in total. The Morgan fingerprint density at radius 1 is 1.44 bits per heavy atom. The van der Waals surface area contributed by atoms with Crippen LogP contribution in [0.15, 0.2) is 12.1 Å². The molecule has 2 aromatic rings. The van der Waals surface area contributed by atoms with Gasteiger partial charge in [-0.1, -0.05) is 11.6 Å². The number of halogens is 2. The number of nitrogens with one attached hydrogen (secondary N) is 1. The minimum absolute atomic E-state index is 0.123. The van der Waals surface area contributed by atoms with E-state index in [1.54, 1.807) is 6.07 Å². The van der Waals surface area contributed by atoms with Crippen molar-refractivity contribution in [2.45, 2.75) is 13.0 Å². The van der Waals surface area contributed by atoms with Crippen LogP contribution in [0.3, 0.4) is 0 Å². The number of hydrogen-bond acceptors (Lipinski definition) is 2. The smallest absolute Gasteiger partial charge is 0.178 e. The molecule has 0 atom stereocenters. The molecule has 0 aliphatic carbocycles. The molecule has 18 heavy (non-hydrogen) atoms. The molecule has 0 radical (unpaired) electrons. The minimum atomic E-state index is -0.430. The molecule has 0 saturated carbocycles. The first kappa shape index (κ1) is 13.5. The van der Waals surface area contributed by atoms with E-state index < -0.39 is 5.82 Å². The van der Waals surface area contributed by atoms with E-state index in [0.29, 0.717) is 10.3 Å². The Labute approximate surface area is 115 Å². The predicted octanol–water partition coefficient (Wildman–Crippen LogP) is 3.44. The van der Waals surface area contributed by atoms with Crippen molar-refractivity contribution in [2.75, 3.05) is 20.6 Å². The molecule has 1 aromatic heterocycles. The molecule has 0 amide bonds. The largest absolute Gasteiger partial charge is 0.330 e. The van der Waals surface area contributed by atoms with Gasteiger partial charge in [-0.3, -0.25) is 0 Å². The maximum atomic E-state index is 13.3. The third-order valence-electron chi connectivity index (χ3n) is 2.80. The molecule has 98 valence electrons. The van der Waals surface area contributed by atoms with Crippen molar-refractivity contribution in [3.8, 4) is 0 Å². The molecule has 1 heterocycles. The van der Waals surface area contributed by atoms with Gasteiger partial charge in [0, 0.05) is 12.6 Å². The number of aromatic amines is 1. The molecule has 1 N–H and O–H groups in total. The highest BCUT2D eigenvalue weighted by Crippen LogP contribution is 2.23. The zero-order chi connectivity index (χ0) is 13.3. The van der Waals surface area contributed by atoms with Crippen molar-refractivity contribution in [2.24, 2.45) is 0 Å². The zero-order valence-electron chi connectivity index (χ0n) is 10.3. The highest BCUT2D eigenvalue weighted by Gasteiger charge is 2.08. The Morgan fingerprint density at radius 3 is 2.83 bits per heavy atom. The summed E-state index contributed by atoms with van der Waals surface area (Å²) in [5.74, 6) is -0.430. The van der Waals surface area contributed by atoms with Gasteiger partial charge in [0.15, 0.2) is 4.77 Å². The maximum Gasteiger partial charge on any atom is 0.178 e. The van der Waals surface area contributed by atoms with Crippen molar-refractivity contribution >= 4 is 34.9 Å². The van der Waals surface area contributed by atoms with Gasteiger partial charge in [-0.05, 0) is 45.3 Å². The quantitative estimate of drug-likeness (QED) is 0.871. The van der Waals surface area contributed by atoms with Gasteiger partial charge in [0.05, 0.1) is 16.1 Å². The standard InChI is InChI=1S/C12H15ClFN3S/c1-16(2)4-3-5-17-11-6-8(13)9(14)7-10(11)15-12(17)18/h6-7H,3-5H2,1-2H3,(H,15,18). The number of imidazole rings is 1. The summed E-state index contributed by atoms with van der Waals surface area (Å²) in [6.07, 6.45) is 0.975. The van der Waals surface area contributed by atoms with Crippen molar-refractivity contribution in [3.63, 3.8) is 0 Å². The monoisotopic (exact) mass is 287 g/mol. The fourth-order valence-corrected chi connectivity index (χ4v) is 2.38. The number of H-pyrrole nitrogens is 1. The molecule has 2 rings (SSSR count). The van der Waals surface area contributed by atoms with Crippen LogP contribution in [0.2, 0.25) is 5.02 Å². The average molecular weight is 288 g/mol. The molecule has 0 aliphatic rings. The van der Waals surface area contributed by atoms with Crippen LogP contribution in [0.25, 0.3) is 11.0 Å². The van der Waals surface area contributed by atoms with Gasteiger partial charge in [-0.25, -0.2) is 4.39 Å². The Balaban J connectivity index is 2.35. The van der Waals surface area contributed by atoms with Gasteiger partial charge in [0.25, 0.3) is 0 Å². The van der Waals surface area contributed by atoms with Crippen molar-refractivity contribution in [1.29, 1.82) is 0 Å². The molecule has 0 saturated heterocycles. The summed E-state index contributed by atoms with van der Waals surface area (Å²) in [7, 11) is 4.06. The molecule has 1 aromatic carbocycles. The summed E-state index contributed by atoms with van der Waals surface area (Å²) in [6, 6.07) is 3.00. The van der Waals surface area contributed by atoms with Gasteiger partial charge in [-0.2, -0.15) is 0 Å². The number of benzene rings is 1. The number of rotatable bonds is 4. The van der Waals surface area contributed by atoms with E-state index in [1.807, 2.05) is 18.7 Å². The summed E-state index contributed by atoms with van der Waals surface area (Å²) in [6.45, 7) is 1.77. The van der Waals surface area contributed by atoms with Gasteiger partial charge in [-0.15, -0.1) is 0 Å². The zero-order valence-corrected chi connectivity index (χ0v) is 11.9. The highest BCUT2D eigenvalue weighted by atomic mass is 35.5. The van der Waals surface area contributed by atoms with Crippen molar-refractivity contribution < 1.29 is 4.39 Å². The Bertz CT molecular complexity index is 618. The topological polar surface area (TPSA) is 24.0 Å². The first-order valence-electron chi connectivity index (χ1n) is 5.71. The molecule has 0 spiro atoms. The molecule has 0 unspecified atom stereocenters. The van der Waals surface area contributed by atoms with Crippen LogP contribution < -0.4 is 0 Å². The molecular formula is C12H15ClFN3S. The number of aryl methyl sites for hydroxylation is 1. The minimum Gasteiger partial charge on any atom is -0.330 e. The summed E-state index contributed by atoms with van der Waals surface area (Å²) in [5, 5.41) is 0.123. The number of hydrogen-bond donors (Lipinski definition) is 1. The summed E-state index contributed by atoms with van der Waals surface area (Å²) in [5.41, 5.74) is 1.54. The summed E-state index contributed by atoms with van der Waals surface area (Å²) in [4.78, 5) is 5.11. The fraction of sp³-hybridized carbons (Fsp3) is 0.417. The lowest BCUT2D eigenvalue weighted by molar-refractivity contribution is 0.387. The molecule has 0 bridgehead atoms. The maximum absolute atomic E-state index is 13.3. The Morgan fingerprint density at radius 2 is 2.17 bits per heavy atom. The van der Waals surface area contributed by atoms with Crippen LogP contribution in [0.4, 0.5) is 4.39 Å². The van der Waals surface area contributed by atoms with Gasteiger partial charge >= 0.3 is 0 Å². The van der Waals surface area contributed by atoms with Crippen LogP contribution in [0.1, 0.15) is 6.42 Å². The van der Waals surface area contributed by atoms with Gasteiger partial charge in [0.2, 0.25) is 0 Å². The Hall–Kier alpha value is -0.910. The SMILES string of the molecule is CN(C)CCCn1c(=S)[nH]c2cc(F)c(Cl)cc21. The number of fused-ring (bicyclic) bond motifs is 1. The van der Waals surface area contributed by atoms with E-state index in [0.717, 1.165) is 25.0 Å². The van der Waals surface area contributed by atoms with Gasteiger partial charge in [0.1, 0.15) is 5.82 Å². The fourth-order valence-electron chi connectivity index (χ4n) is 1.92. The average Bonchev–Trinajstić information content (AvgIpc) is 2.56. The number of aromatic nitrogens is 2. The predicted molar refractivity (Wildman–Crippen MR) is 75.3 cm³/mol. The molecule has 0 fully saturated rings. The van der Waals surface area contributed by atoms with E-state index >= 15 is 0 Å². The van der Waals surface area contributed by atoms with Crippen LogP contribution >= 0.6 is 23.8 Å². The van der Waals surface area contributed by atoms with Crippen LogP contribution in [0.5, 0.6) is 0 Å². The van der Waals surface area contributed by atoms with E-state index in [-0.39, 0.29) is 5.02 Å². The first-order chi connectivity index (χ1) is 8.49. The Kier molecular flexibility index (Phi) is 4.04. The van der Waals surface area contributed by atoms with Crippen LogP contribution in [-0.2, 0) is 6.54 Å². The summed E-state index contributed by atoms with van der Waals surface area (Å²) >= 11 is 11.1. The lowest BCUT2D eigenvalue weighted by Gasteiger charge is -2.10. The normalized spacial score (nSPS) is 11.6. The van der Waals surface area contributed by atoms with E-state index in [4.69, 9.17) is 23.8 Å². The van der Waals surface area contributed by atoms with E-state index in [1.165, 1.54) is 6.07 Å². The molecule has 6 heteroatoms. The first-order valence-corrected chi connectivity index (χ1v) is 6.50. The highest BCUT2D eigenvalue weighted by molar-refractivity contribution is 7.71. The third-order valence-corrected chi connectivity index (χ3v) is 3.42. The second kappa shape index (κ2) is 5.38. The van der Waals surface area contributed by atoms with Crippen LogP contribution in [0, 0.1) is 10.6 Å². The summed E-state index contributed by atoms with van der Waals surface area (Å²) < 4.78 is 15.9. The lowest BCUT2D eigenvalue weighted by Crippen LogP contribution is -2.15. The van der Waals surface area contributed by atoms with Crippen LogP contribution in [-0.4, -0.2) is 35.1 Å². The lowest BCUT2D eigenvalue weighted by atomic mass is 10.3. The van der Waals surface area contributed by atoms with E-state index in [2.05, 4.69) is 9.88 Å². The van der Waals surface area contributed by atoms with Crippen molar-refractivity contribution in [3.05, 3.63) is 27.7 Å². The second-order valence-electron chi connectivity index (χ2n) is 4.52. The van der Waals surface area contributed by atoms with Crippen molar-refractivity contribution in [1.82, 2.24) is 14.5 Å². The molecule has 0 aliphatic heterocycles. The second-order valence-corrected chi connectivity index (χ2v) is 5.32. The van der Waals surface area contributed by atoms with Gasteiger partial charge < -0.3 is 14.5 Å².